The molecule has 0 aromatic heterocycles. The summed E-state index contributed by atoms with van der Waals surface area (Å²) in [6, 6.07) is 7.48. The van der Waals surface area contributed by atoms with Gasteiger partial charge in [0.25, 0.3) is 0 Å². The number of hydrogen-bond acceptors (Lipinski definition) is 3. The second-order valence-corrected chi connectivity index (χ2v) is 7.87. The monoisotopic (exact) mass is 357 g/mol. The lowest BCUT2D eigenvalue weighted by Gasteiger charge is -2.32. The van der Waals surface area contributed by atoms with E-state index in [2.05, 4.69) is 5.32 Å². The first-order valence-corrected chi connectivity index (χ1v) is 8.96. The van der Waals surface area contributed by atoms with Crippen LogP contribution >= 0.6 is 0 Å². The van der Waals surface area contributed by atoms with Crippen molar-refractivity contribution in [3.63, 3.8) is 0 Å². The molecule has 0 bridgehead atoms. The van der Waals surface area contributed by atoms with Gasteiger partial charge in [0.2, 0.25) is 5.91 Å². The second kappa shape index (κ2) is 7.01. The van der Waals surface area contributed by atoms with Crippen LogP contribution in [0.3, 0.4) is 0 Å². The molecule has 1 heterocycles. The van der Waals surface area contributed by atoms with Crippen LogP contribution in [0, 0.1) is 0 Å². The van der Waals surface area contributed by atoms with Crippen LogP contribution < -0.4 is 10.8 Å². The summed E-state index contributed by atoms with van der Waals surface area (Å²) in [4.78, 5) is 12.2. The Hall–Kier alpha value is -1.92. The number of hydrogen-bond donors (Lipinski definition) is 1. The molecule has 1 aromatic carbocycles. The third-order valence-electron chi connectivity index (χ3n) is 5.29. The minimum absolute atomic E-state index is 0.102. The molecule has 0 saturated carbocycles. The fourth-order valence-electron chi connectivity index (χ4n) is 2.92. The number of allylic oxidation sites excluding steroid dienone is 3. The highest BCUT2D eigenvalue weighted by Crippen LogP contribution is 2.36. The first-order valence-electron chi connectivity index (χ1n) is 8.96. The van der Waals surface area contributed by atoms with Crippen LogP contribution in [0.25, 0.3) is 0 Å². The van der Waals surface area contributed by atoms with Crippen LogP contribution in [0.1, 0.15) is 47.0 Å². The summed E-state index contributed by atoms with van der Waals surface area (Å²) in [6.45, 7) is 8.07. The zero-order chi connectivity index (χ0) is 18.9. The van der Waals surface area contributed by atoms with Gasteiger partial charge in [-0.15, -0.1) is 0 Å². The Labute approximate surface area is 154 Å². The molecule has 0 unspecified atom stereocenters. The maximum atomic E-state index is 13.0. The number of carbonyl (C=O) groups excluding carboxylic acids is 1. The minimum Gasteiger partial charge on any atom is -0.399 e. The molecule has 138 valence electrons. The van der Waals surface area contributed by atoms with E-state index in [4.69, 9.17) is 9.31 Å². The van der Waals surface area contributed by atoms with Crippen LogP contribution in [0.2, 0.25) is 0 Å². The topological polar surface area (TPSA) is 47.6 Å². The van der Waals surface area contributed by atoms with Gasteiger partial charge >= 0.3 is 7.12 Å². The Morgan fingerprint density at radius 3 is 2.23 bits per heavy atom. The number of nitrogens with one attached hydrogen (secondary N) is 1. The Morgan fingerprint density at radius 1 is 1.08 bits per heavy atom. The number of benzene rings is 1. The highest BCUT2D eigenvalue weighted by Gasteiger charge is 2.51. The van der Waals surface area contributed by atoms with E-state index in [0.29, 0.717) is 18.5 Å². The lowest BCUT2D eigenvalue weighted by molar-refractivity contribution is -0.115. The molecule has 1 fully saturated rings. The van der Waals surface area contributed by atoms with E-state index in [1.807, 2.05) is 52.0 Å². The van der Waals surface area contributed by atoms with Gasteiger partial charge in [-0.25, -0.2) is 4.39 Å². The first-order chi connectivity index (χ1) is 12.2. The zero-order valence-corrected chi connectivity index (χ0v) is 15.8. The fraction of sp³-hybridized carbons (Fsp3) is 0.450. The summed E-state index contributed by atoms with van der Waals surface area (Å²) >= 11 is 0. The van der Waals surface area contributed by atoms with Crippen LogP contribution in [-0.2, 0) is 14.1 Å². The molecule has 1 N–H and O–H groups in total. The van der Waals surface area contributed by atoms with Gasteiger partial charge in [0.1, 0.15) is 5.83 Å². The molecule has 6 heteroatoms. The highest BCUT2D eigenvalue weighted by molar-refractivity contribution is 6.62. The average Bonchev–Trinajstić information content (AvgIpc) is 2.78. The maximum absolute atomic E-state index is 13.0. The van der Waals surface area contributed by atoms with Gasteiger partial charge < -0.3 is 14.6 Å². The van der Waals surface area contributed by atoms with Crippen molar-refractivity contribution in [3.05, 3.63) is 47.8 Å². The van der Waals surface area contributed by atoms with Gasteiger partial charge in [0.05, 0.1) is 11.2 Å². The molecule has 26 heavy (non-hydrogen) atoms. The van der Waals surface area contributed by atoms with Gasteiger partial charge in [-0.2, -0.15) is 0 Å². The molecule has 1 amide bonds. The Bertz CT molecular complexity index is 737. The molecule has 0 radical (unpaired) electrons. The van der Waals surface area contributed by atoms with E-state index in [1.54, 1.807) is 6.08 Å². The molecular weight excluding hydrogens is 332 g/mol. The van der Waals surface area contributed by atoms with Crippen molar-refractivity contribution in [2.24, 2.45) is 0 Å². The number of rotatable bonds is 4. The van der Waals surface area contributed by atoms with Gasteiger partial charge in [0.15, 0.2) is 0 Å². The maximum Gasteiger partial charge on any atom is 0.494 e. The molecule has 1 aromatic rings. The number of anilines is 1. The fourth-order valence-corrected chi connectivity index (χ4v) is 2.92. The molecular formula is C20H25BFNO3. The molecule has 2 aliphatic rings. The van der Waals surface area contributed by atoms with Crippen LogP contribution in [0.15, 0.2) is 47.8 Å². The standard InChI is InChI=1S/C20H25BFNO3/c1-19(2)20(3,4)26-21(25-19)15-7-11-17(12-8-15)23-18(24)13-14-5-9-16(22)10-6-14/h5,7-9,11-12H,6,10,13H2,1-4H3,(H,23,24). The first kappa shape index (κ1) is 18.9. The zero-order valence-electron chi connectivity index (χ0n) is 15.8. The summed E-state index contributed by atoms with van der Waals surface area (Å²) in [6.07, 6.45) is 4.38. The molecule has 1 saturated heterocycles. The smallest absolute Gasteiger partial charge is 0.399 e. The summed E-state index contributed by atoms with van der Waals surface area (Å²) < 4.78 is 25.1. The van der Waals surface area contributed by atoms with E-state index in [1.165, 1.54) is 6.08 Å². The molecule has 1 aliphatic carbocycles. The van der Waals surface area contributed by atoms with E-state index >= 15 is 0 Å². The van der Waals surface area contributed by atoms with Crippen molar-refractivity contribution in [3.8, 4) is 0 Å². The van der Waals surface area contributed by atoms with Crippen molar-refractivity contribution < 1.29 is 18.5 Å². The predicted octanol–water partition coefficient (Wildman–Crippen LogP) is 3.89. The van der Waals surface area contributed by atoms with E-state index in [0.717, 1.165) is 11.0 Å². The lowest BCUT2D eigenvalue weighted by Crippen LogP contribution is -2.41. The number of carbonyl (C=O) groups is 1. The van der Waals surface area contributed by atoms with Crippen molar-refractivity contribution in [2.75, 3.05) is 5.32 Å². The summed E-state index contributed by atoms with van der Waals surface area (Å²) in [5.41, 5.74) is 1.81. The number of halogens is 1. The third kappa shape index (κ3) is 4.08. The summed E-state index contributed by atoms with van der Waals surface area (Å²) in [5.74, 6) is -0.234. The van der Waals surface area contributed by atoms with Crippen molar-refractivity contribution in [2.45, 2.75) is 58.2 Å². The number of amides is 1. The van der Waals surface area contributed by atoms with Crippen molar-refractivity contribution in [1.29, 1.82) is 0 Å². The van der Waals surface area contributed by atoms with Gasteiger partial charge in [-0.3, -0.25) is 4.79 Å². The van der Waals surface area contributed by atoms with Crippen LogP contribution in [-0.4, -0.2) is 24.2 Å². The third-order valence-corrected chi connectivity index (χ3v) is 5.29. The summed E-state index contributed by atoms with van der Waals surface area (Å²) in [7, 11) is -0.418. The van der Waals surface area contributed by atoms with Crippen molar-refractivity contribution in [1.82, 2.24) is 0 Å². The van der Waals surface area contributed by atoms with Crippen LogP contribution in [0.4, 0.5) is 10.1 Å². The van der Waals surface area contributed by atoms with Crippen LogP contribution in [0.5, 0.6) is 0 Å². The normalized spacial score (nSPS) is 21.2. The Kier molecular flexibility index (Phi) is 5.08. The van der Waals surface area contributed by atoms with Gasteiger partial charge in [-0.05, 0) is 57.8 Å². The molecule has 3 rings (SSSR count). The highest BCUT2D eigenvalue weighted by atomic mass is 19.1. The molecule has 4 nitrogen and oxygen atoms in total. The van der Waals surface area contributed by atoms with E-state index in [-0.39, 0.29) is 29.4 Å². The Balaban J connectivity index is 1.59. The molecule has 1 aliphatic heterocycles. The van der Waals surface area contributed by atoms with E-state index < -0.39 is 7.12 Å². The van der Waals surface area contributed by atoms with Crippen molar-refractivity contribution >= 4 is 24.2 Å². The van der Waals surface area contributed by atoms with E-state index in [9.17, 15) is 9.18 Å². The summed E-state index contributed by atoms with van der Waals surface area (Å²) in [5, 5.41) is 2.87. The Morgan fingerprint density at radius 2 is 1.69 bits per heavy atom. The lowest BCUT2D eigenvalue weighted by atomic mass is 9.79. The quantitative estimate of drug-likeness (QED) is 0.832. The molecule has 0 atom stereocenters. The predicted molar refractivity (Wildman–Crippen MR) is 102 cm³/mol. The average molecular weight is 357 g/mol. The van der Waals surface area contributed by atoms with Gasteiger partial charge in [0, 0.05) is 18.5 Å². The molecule has 0 spiro atoms. The largest absolute Gasteiger partial charge is 0.494 e. The van der Waals surface area contributed by atoms with Gasteiger partial charge in [-0.1, -0.05) is 23.8 Å². The minimum atomic E-state index is -0.418. The SMILES string of the molecule is CC1(C)OB(c2ccc(NC(=O)CC3=CC=C(F)CC3)cc2)OC1(C)C. The second-order valence-electron chi connectivity index (χ2n) is 7.87.